The molecule has 7 heteroatoms. The molecule has 0 aliphatic rings. The first kappa shape index (κ1) is 11.7. The maximum absolute atomic E-state index is 13.0. The Bertz CT molecular complexity index is 503. The highest BCUT2D eigenvalue weighted by atomic mass is 19.4. The largest absolute Gasteiger partial charge is 0.472 e. The van der Waals surface area contributed by atoms with Crippen molar-refractivity contribution in [3.63, 3.8) is 0 Å². The van der Waals surface area contributed by atoms with Gasteiger partial charge in [0.2, 0.25) is 5.89 Å². The molecule has 1 atom stereocenters. The Labute approximate surface area is 93.7 Å². The second-order valence-corrected chi connectivity index (χ2v) is 3.51. The maximum Gasteiger partial charge on any atom is 0.430 e. The van der Waals surface area contributed by atoms with Gasteiger partial charge >= 0.3 is 6.18 Å². The van der Waals surface area contributed by atoms with E-state index in [1.807, 2.05) is 0 Å². The zero-order valence-corrected chi connectivity index (χ0v) is 8.65. The van der Waals surface area contributed by atoms with E-state index < -0.39 is 23.2 Å². The minimum absolute atomic E-state index is 0.242. The normalized spacial score (nSPS) is 15.8. The average molecular weight is 247 g/mol. The van der Waals surface area contributed by atoms with Crippen LogP contribution in [0.25, 0.3) is 0 Å². The third-order valence-corrected chi connectivity index (χ3v) is 2.28. The van der Waals surface area contributed by atoms with Crippen LogP contribution in [0.2, 0.25) is 0 Å². The highest BCUT2D eigenvalue weighted by molar-refractivity contribution is 5.27. The quantitative estimate of drug-likeness (QED) is 0.885. The Kier molecular flexibility index (Phi) is 2.50. The Morgan fingerprint density at radius 1 is 1.29 bits per heavy atom. The third kappa shape index (κ3) is 1.72. The summed E-state index contributed by atoms with van der Waals surface area (Å²) in [7, 11) is 0. The number of alkyl halides is 3. The van der Waals surface area contributed by atoms with Crippen molar-refractivity contribution in [3.8, 4) is 0 Å². The van der Waals surface area contributed by atoms with Gasteiger partial charge in [0.05, 0.1) is 18.2 Å². The van der Waals surface area contributed by atoms with Crippen LogP contribution in [0.3, 0.4) is 0 Å². The molecule has 0 aliphatic heterocycles. The number of aryl methyl sites for hydroxylation is 1. The van der Waals surface area contributed by atoms with Crippen molar-refractivity contribution in [1.82, 2.24) is 4.98 Å². The van der Waals surface area contributed by atoms with E-state index in [4.69, 9.17) is 0 Å². The zero-order valence-electron chi connectivity index (χ0n) is 8.65. The van der Waals surface area contributed by atoms with E-state index >= 15 is 0 Å². The highest BCUT2D eigenvalue weighted by Crippen LogP contribution is 2.43. The summed E-state index contributed by atoms with van der Waals surface area (Å²) in [5, 5.41) is 9.85. The Hall–Kier alpha value is -1.76. The standard InChI is InChI=1S/C10H8F3NO3/c1-6-4-17-8(14-6)9(15,10(11,12)13)7-2-3-16-5-7/h2-5,15H,1H3. The number of aliphatic hydroxyl groups is 1. The first-order valence-corrected chi connectivity index (χ1v) is 4.60. The molecule has 0 aliphatic carbocycles. The summed E-state index contributed by atoms with van der Waals surface area (Å²) in [5.74, 6) is -0.830. The van der Waals surface area contributed by atoms with Crippen molar-refractivity contribution in [1.29, 1.82) is 0 Å². The van der Waals surface area contributed by atoms with Crippen molar-refractivity contribution in [2.45, 2.75) is 18.7 Å². The molecule has 0 aromatic carbocycles. The van der Waals surface area contributed by atoms with Gasteiger partial charge in [-0.05, 0) is 13.0 Å². The molecule has 2 aromatic rings. The van der Waals surface area contributed by atoms with Gasteiger partial charge in [-0.15, -0.1) is 0 Å². The smallest absolute Gasteiger partial charge is 0.430 e. The Morgan fingerprint density at radius 3 is 2.41 bits per heavy atom. The van der Waals surface area contributed by atoms with Crippen LogP contribution in [0, 0.1) is 6.92 Å². The fourth-order valence-corrected chi connectivity index (χ4v) is 1.40. The first-order valence-electron chi connectivity index (χ1n) is 4.60. The molecule has 0 radical (unpaired) electrons. The monoisotopic (exact) mass is 247 g/mol. The Balaban J connectivity index is 2.60. The number of hydrogen-bond donors (Lipinski definition) is 1. The van der Waals surface area contributed by atoms with Crippen molar-refractivity contribution in [2.75, 3.05) is 0 Å². The van der Waals surface area contributed by atoms with Crippen LogP contribution in [0.15, 0.2) is 33.7 Å². The van der Waals surface area contributed by atoms with Crippen LogP contribution < -0.4 is 0 Å². The van der Waals surface area contributed by atoms with Gasteiger partial charge in [0.1, 0.15) is 6.26 Å². The number of oxazole rings is 1. The first-order chi connectivity index (χ1) is 7.85. The van der Waals surface area contributed by atoms with Gasteiger partial charge in [0.25, 0.3) is 5.60 Å². The number of aromatic nitrogens is 1. The van der Waals surface area contributed by atoms with E-state index in [-0.39, 0.29) is 5.69 Å². The maximum atomic E-state index is 13.0. The lowest BCUT2D eigenvalue weighted by atomic mass is 9.96. The number of halogens is 3. The van der Waals surface area contributed by atoms with Gasteiger partial charge < -0.3 is 13.9 Å². The van der Waals surface area contributed by atoms with Crippen LogP contribution in [0.4, 0.5) is 13.2 Å². The molecule has 0 bridgehead atoms. The highest BCUT2D eigenvalue weighted by Gasteiger charge is 2.60. The molecule has 4 nitrogen and oxygen atoms in total. The van der Waals surface area contributed by atoms with E-state index in [0.717, 1.165) is 24.9 Å². The second-order valence-electron chi connectivity index (χ2n) is 3.51. The molecule has 17 heavy (non-hydrogen) atoms. The van der Waals surface area contributed by atoms with Crippen LogP contribution in [0.5, 0.6) is 0 Å². The predicted molar refractivity (Wildman–Crippen MR) is 49.0 cm³/mol. The molecular weight excluding hydrogens is 239 g/mol. The molecule has 0 saturated carbocycles. The van der Waals surface area contributed by atoms with Crippen LogP contribution in [-0.2, 0) is 5.60 Å². The molecule has 0 amide bonds. The molecule has 0 fully saturated rings. The number of furan rings is 1. The summed E-state index contributed by atoms with van der Waals surface area (Å²) in [5.41, 5.74) is -3.54. The molecule has 2 heterocycles. The summed E-state index contributed by atoms with van der Waals surface area (Å²) in [6.45, 7) is 1.46. The number of rotatable bonds is 2. The Morgan fingerprint density at radius 2 is 2.00 bits per heavy atom. The predicted octanol–water partition coefficient (Wildman–Crippen LogP) is 2.37. The van der Waals surface area contributed by atoms with Crippen molar-refractivity contribution in [2.24, 2.45) is 0 Å². The molecule has 92 valence electrons. The average Bonchev–Trinajstić information content (AvgIpc) is 2.84. The van der Waals surface area contributed by atoms with Gasteiger partial charge in [-0.1, -0.05) is 0 Å². The van der Waals surface area contributed by atoms with E-state index in [0.29, 0.717) is 0 Å². The zero-order chi connectivity index (χ0) is 12.7. The van der Waals surface area contributed by atoms with Gasteiger partial charge in [-0.2, -0.15) is 13.2 Å². The van der Waals surface area contributed by atoms with Crippen molar-refractivity contribution < 1.29 is 27.1 Å². The minimum Gasteiger partial charge on any atom is -0.472 e. The van der Waals surface area contributed by atoms with E-state index in [1.54, 1.807) is 0 Å². The molecule has 2 rings (SSSR count). The minimum atomic E-state index is -4.96. The summed E-state index contributed by atoms with van der Waals surface area (Å²) in [6, 6.07) is 1.01. The molecule has 2 aromatic heterocycles. The summed E-state index contributed by atoms with van der Waals surface area (Å²) >= 11 is 0. The van der Waals surface area contributed by atoms with Crippen molar-refractivity contribution in [3.05, 3.63) is 42.0 Å². The van der Waals surface area contributed by atoms with Gasteiger partial charge in [-0.25, -0.2) is 4.98 Å². The fraction of sp³-hybridized carbons (Fsp3) is 0.300. The molecular formula is C10H8F3NO3. The topological polar surface area (TPSA) is 59.4 Å². The van der Waals surface area contributed by atoms with Gasteiger partial charge in [0.15, 0.2) is 0 Å². The summed E-state index contributed by atoms with van der Waals surface area (Å²) < 4.78 is 48.1. The number of nitrogens with zero attached hydrogens (tertiary/aromatic N) is 1. The lowest BCUT2D eigenvalue weighted by Crippen LogP contribution is -2.43. The lowest BCUT2D eigenvalue weighted by Gasteiger charge is -2.25. The lowest BCUT2D eigenvalue weighted by molar-refractivity contribution is -0.255. The fourth-order valence-electron chi connectivity index (χ4n) is 1.40. The second kappa shape index (κ2) is 3.63. The molecule has 0 saturated heterocycles. The third-order valence-electron chi connectivity index (χ3n) is 2.28. The van der Waals surface area contributed by atoms with E-state index in [1.165, 1.54) is 6.92 Å². The van der Waals surface area contributed by atoms with Crippen LogP contribution in [-0.4, -0.2) is 16.3 Å². The SMILES string of the molecule is Cc1coc(C(O)(c2ccoc2)C(F)(F)F)n1. The van der Waals surface area contributed by atoms with Gasteiger partial charge in [0, 0.05) is 5.56 Å². The molecule has 0 spiro atoms. The summed E-state index contributed by atoms with van der Waals surface area (Å²) in [4.78, 5) is 3.53. The van der Waals surface area contributed by atoms with Crippen molar-refractivity contribution >= 4 is 0 Å². The van der Waals surface area contributed by atoms with Crippen LogP contribution in [0.1, 0.15) is 17.1 Å². The van der Waals surface area contributed by atoms with Crippen LogP contribution >= 0.6 is 0 Å². The van der Waals surface area contributed by atoms with E-state index in [9.17, 15) is 18.3 Å². The van der Waals surface area contributed by atoms with Gasteiger partial charge in [-0.3, -0.25) is 0 Å². The number of hydrogen-bond acceptors (Lipinski definition) is 4. The van der Waals surface area contributed by atoms with E-state index in [2.05, 4.69) is 13.8 Å². The summed E-state index contributed by atoms with van der Waals surface area (Å²) in [6.07, 6.45) is -2.10. The molecule has 1 unspecified atom stereocenters. The molecule has 1 N–H and O–H groups in total.